The lowest BCUT2D eigenvalue weighted by Gasteiger charge is -2.36. The van der Waals surface area contributed by atoms with E-state index in [9.17, 15) is 24.3 Å². The maximum Gasteiger partial charge on any atom is 0.409 e. The van der Waals surface area contributed by atoms with Gasteiger partial charge in [0.15, 0.2) is 5.82 Å². The third-order valence-corrected chi connectivity index (χ3v) is 7.63. The summed E-state index contributed by atoms with van der Waals surface area (Å²) in [5.41, 5.74) is 0.808. The third kappa shape index (κ3) is 8.40. The quantitative estimate of drug-likeness (QED) is 0.395. The van der Waals surface area contributed by atoms with Gasteiger partial charge in [-0.1, -0.05) is 30.3 Å². The predicted octanol–water partition coefficient (Wildman–Crippen LogP) is 2.41. The van der Waals surface area contributed by atoms with E-state index in [0.717, 1.165) is 31.4 Å². The average Bonchev–Trinajstić information content (AvgIpc) is 3.03. The number of carboxylic acids is 1. The fraction of sp³-hybridized carbons (Fsp3) is 0.533. The van der Waals surface area contributed by atoms with Gasteiger partial charge in [-0.05, 0) is 32.6 Å². The molecule has 0 radical (unpaired) electrons. The van der Waals surface area contributed by atoms with Crippen molar-refractivity contribution in [2.24, 2.45) is 0 Å². The van der Waals surface area contributed by atoms with Gasteiger partial charge in [-0.2, -0.15) is 0 Å². The number of ether oxygens (including phenoxy) is 2. The number of piperazine rings is 1. The van der Waals surface area contributed by atoms with E-state index in [2.05, 4.69) is 15.2 Å². The summed E-state index contributed by atoms with van der Waals surface area (Å²) in [6.45, 7) is 4.27. The average molecular weight is 597 g/mol. The van der Waals surface area contributed by atoms with Gasteiger partial charge in [-0.15, -0.1) is 0 Å². The van der Waals surface area contributed by atoms with Gasteiger partial charge in [-0.3, -0.25) is 14.4 Å². The summed E-state index contributed by atoms with van der Waals surface area (Å²) in [5, 5.41) is 12.1. The molecule has 2 aromatic rings. The molecule has 2 N–H and O–H groups in total. The summed E-state index contributed by atoms with van der Waals surface area (Å²) >= 11 is 0. The summed E-state index contributed by atoms with van der Waals surface area (Å²) in [7, 11) is 1.66. The molecule has 1 unspecified atom stereocenters. The number of hydrogen-bond acceptors (Lipinski definition) is 9. The van der Waals surface area contributed by atoms with E-state index in [1.165, 1.54) is 9.80 Å². The van der Waals surface area contributed by atoms with Crippen LogP contribution < -0.4 is 10.2 Å². The molecule has 2 fully saturated rings. The second kappa shape index (κ2) is 15.3. The highest BCUT2D eigenvalue weighted by atomic mass is 16.6. The number of anilines is 1. The topological polar surface area (TPSA) is 154 Å². The number of benzene rings is 1. The summed E-state index contributed by atoms with van der Waals surface area (Å²) in [6.07, 6.45) is 2.12. The number of carbonyl (C=O) groups is 4. The van der Waals surface area contributed by atoms with Crippen LogP contribution >= 0.6 is 0 Å². The number of aliphatic carboxylic acids is 1. The molecule has 0 bridgehead atoms. The Morgan fingerprint density at radius 2 is 1.74 bits per heavy atom. The molecule has 13 nitrogen and oxygen atoms in total. The summed E-state index contributed by atoms with van der Waals surface area (Å²) in [6, 6.07) is 9.94. The molecule has 0 spiro atoms. The van der Waals surface area contributed by atoms with Gasteiger partial charge >= 0.3 is 12.1 Å². The minimum Gasteiger partial charge on any atom is -0.481 e. The number of carboxylic acid groups (broad SMARTS) is 1. The Morgan fingerprint density at radius 1 is 1.02 bits per heavy atom. The number of nitrogens with one attached hydrogen (secondary N) is 1. The van der Waals surface area contributed by atoms with Crippen LogP contribution in [0.3, 0.4) is 0 Å². The minimum atomic E-state index is -1.09. The second-order valence-corrected chi connectivity index (χ2v) is 10.6. The Bertz CT molecular complexity index is 1270. The van der Waals surface area contributed by atoms with Gasteiger partial charge in [0, 0.05) is 57.9 Å². The van der Waals surface area contributed by atoms with Crippen LogP contribution in [-0.2, 0) is 19.1 Å². The van der Waals surface area contributed by atoms with E-state index >= 15 is 0 Å². The van der Waals surface area contributed by atoms with Crippen LogP contribution in [-0.4, -0.2) is 114 Å². The molecule has 3 amide bonds. The Balaban J connectivity index is 1.58. The van der Waals surface area contributed by atoms with E-state index in [1.54, 1.807) is 20.1 Å². The highest BCUT2D eigenvalue weighted by Crippen LogP contribution is 2.27. The molecular formula is C30H40N6O7. The molecule has 4 rings (SSSR count). The maximum absolute atomic E-state index is 13.7. The monoisotopic (exact) mass is 596 g/mol. The van der Waals surface area contributed by atoms with Crippen molar-refractivity contribution in [2.45, 2.75) is 51.1 Å². The van der Waals surface area contributed by atoms with E-state index < -0.39 is 29.9 Å². The number of nitrogens with zero attached hydrogens (tertiary/aromatic N) is 5. The molecule has 2 aliphatic heterocycles. The highest BCUT2D eigenvalue weighted by Gasteiger charge is 2.32. The van der Waals surface area contributed by atoms with Gasteiger partial charge in [0.2, 0.25) is 5.91 Å². The fourth-order valence-corrected chi connectivity index (χ4v) is 5.38. The number of carbonyl (C=O) groups excluding carboxylic acids is 3. The SMILES string of the molecule is CCOC(=O)N1CCN(C(=O)C(CCC(=O)O)NC(=O)c2cc(N3CCCC[C@H]3COC)nc(-c3ccccc3)n2)CC1. The molecule has 3 heterocycles. The van der Waals surface area contributed by atoms with Crippen LogP contribution in [0.2, 0.25) is 0 Å². The number of aromatic nitrogens is 2. The summed E-state index contributed by atoms with van der Waals surface area (Å²) in [4.78, 5) is 65.3. The van der Waals surface area contributed by atoms with Crippen molar-refractivity contribution >= 4 is 29.7 Å². The van der Waals surface area contributed by atoms with Crippen molar-refractivity contribution in [3.63, 3.8) is 0 Å². The van der Waals surface area contributed by atoms with Crippen molar-refractivity contribution in [3.8, 4) is 11.4 Å². The van der Waals surface area contributed by atoms with Crippen LogP contribution in [0.15, 0.2) is 36.4 Å². The molecule has 2 atom stereocenters. The second-order valence-electron chi connectivity index (χ2n) is 10.6. The summed E-state index contributed by atoms with van der Waals surface area (Å²) in [5.74, 6) is -1.14. The molecule has 13 heteroatoms. The molecule has 2 saturated heterocycles. The third-order valence-electron chi connectivity index (χ3n) is 7.63. The largest absolute Gasteiger partial charge is 0.481 e. The molecule has 0 saturated carbocycles. The van der Waals surface area contributed by atoms with E-state index in [1.807, 2.05) is 30.3 Å². The fourth-order valence-electron chi connectivity index (χ4n) is 5.38. The smallest absolute Gasteiger partial charge is 0.409 e. The Kier molecular flexibility index (Phi) is 11.3. The minimum absolute atomic E-state index is 0.0749. The van der Waals surface area contributed by atoms with Crippen molar-refractivity contribution in [1.29, 1.82) is 0 Å². The molecule has 43 heavy (non-hydrogen) atoms. The highest BCUT2D eigenvalue weighted by molar-refractivity contribution is 5.97. The van der Waals surface area contributed by atoms with Crippen molar-refractivity contribution in [3.05, 3.63) is 42.1 Å². The molecule has 1 aromatic heterocycles. The number of hydrogen-bond donors (Lipinski definition) is 2. The Morgan fingerprint density at radius 3 is 2.42 bits per heavy atom. The first-order chi connectivity index (χ1) is 20.8. The lowest BCUT2D eigenvalue weighted by molar-refractivity contribution is -0.138. The Labute approximate surface area is 251 Å². The number of rotatable bonds is 11. The number of methoxy groups -OCH3 is 1. The van der Waals surface area contributed by atoms with Crippen LogP contribution in [0, 0.1) is 0 Å². The number of piperidine rings is 1. The van der Waals surface area contributed by atoms with Gasteiger partial charge in [0.1, 0.15) is 17.6 Å². The first-order valence-electron chi connectivity index (χ1n) is 14.7. The molecular weight excluding hydrogens is 556 g/mol. The maximum atomic E-state index is 13.7. The normalized spacial score (nSPS) is 17.7. The first-order valence-corrected chi connectivity index (χ1v) is 14.7. The standard InChI is InChI=1S/C30H40N6O7/c1-3-43-30(41)35-17-15-34(16-18-35)29(40)23(12-13-26(37)38)32-28(39)24-19-25(36-14-8-7-11-22(36)20-42-2)33-27(31-24)21-9-5-4-6-10-21/h4-6,9-10,19,22-23H,3,7-8,11-18,20H2,1-2H3,(H,32,39)(H,37,38)/t22-,23?/m0/s1. The molecule has 232 valence electrons. The Hall–Kier alpha value is -4.26. The molecule has 2 aliphatic rings. The van der Waals surface area contributed by atoms with Crippen LogP contribution in [0.4, 0.5) is 10.6 Å². The van der Waals surface area contributed by atoms with E-state index in [0.29, 0.717) is 18.2 Å². The van der Waals surface area contributed by atoms with Crippen molar-refractivity contribution < 1.29 is 33.8 Å². The zero-order valence-electron chi connectivity index (χ0n) is 24.7. The van der Waals surface area contributed by atoms with E-state index in [4.69, 9.17) is 14.5 Å². The van der Waals surface area contributed by atoms with Crippen molar-refractivity contribution in [1.82, 2.24) is 25.1 Å². The van der Waals surface area contributed by atoms with Crippen LogP contribution in [0.5, 0.6) is 0 Å². The summed E-state index contributed by atoms with van der Waals surface area (Å²) < 4.78 is 10.5. The van der Waals surface area contributed by atoms with Crippen LogP contribution in [0.1, 0.15) is 49.5 Å². The van der Waals surface area contributed by atoms with Gasteiger partial charge in [0.25, 0.3) is 5.91 Å². The van der Waals surface area contributed by atoms with Gasteiger partial charge < -0.3 is 34.6 Å². The zero-order valence-corrected chi connectivity index (χ0v) is 24.7. The van der Waals surface area contributed by atoms with Gasteiger partial charge in [-0.25, -0.2) is 14.8 Å². The number of amides is 3. The lowest BCUT2D eigenvalue weighted by Crippen LogP contribution is -2.56. The molecule has 0 aliphatic carbocycles. The lowest BCUT2D eigenvalue weighted by atomic mass is 10.0. The van der Waals surface area contributed by atoms with Gasteiger partial charge in [0.05, 0.1) is 19.3 Å². The van der Waals surface area contributed by atoms with Crippen molar-refractivity contribution in [2.75, 3.05) is 57.9 Å². The first kappa shape index (κ1) is 31.7. The predicted molar refractivity (Wildman–Crippen MR) is 158 cm³/mol. The molecule has 1 aromatic carbocycles. The van der Waals surface area contributed by atoms with E-state index in [-0.39, 0.29) is 57.4 Å². The zero-order chi connectivity index (χ0) is 30.8. The van der Waals surface area contributed by atoms with Crippen LogP contribution in [0.25, 0.3) is 11.4 Å².